The molecule has 0 saturated heterocycles. The molecule has 1 aliphatic carbocycles. The van der Waals surface area contributed by atoms with E-state index in [-0.39, 0.29) is 11.9 Å². The number of rotatable bonds is 4. The lowest BCUT2D eigenvalue weighted by Crippen LogP contribution is -2.32. The number of nitrogens with zero attached hydrogens (tertiary/aromatic N) is 2. The second-order valence-corrected chi connectivity index (χ2v) is 5.78. The summed E-state index contributed by atoms with van der Waals surface area (Å²) in [7, 11) is 0. The van der Waals surface area contributed by atoms with Crippen molar-refractivity contribution in [1.29, 1.82) is 0 Å². The van der Waals surface area contributed by atoms with E-state index in [0.717, 1.165) is 17.7 Å². The van der Waals surface area contributed by atoms with Crippen molar-refractivity contribution in [1.82, 2.24) is 15.1 Å². The maximum absolute atomic E-state index is 11.5. The quantitative estimate of drug-likeness (QED) is 0.879. The number of amides is 1. The van der Waals surface area contributed by atoms with E-state index >= 15 is 0 Å². The predicted molar refractivity (Wildman–Crippen MR) is 78.2 cm³/mol. The molecule has 1 aromatic heterocycles. The van der Waals surface area contributed by atoms with E-state index in [0.29, 0.717) is 5.92 Å². The first kappa shape index (κ1) is 13.2. The summed E-state index contributed by atoms with van der Waals surface area (Å²) in [5.74, 6) is 0.251. The lowest BCUT2D eigenvalue weighted by molar-refractivity contribution is -0.120. The van der Waals surface area contributed by atoms with Gasteiger partial charge in [0.1, 0.15) is 5.38 Å². The van der Waals surface area contributed by atoms with Crippen LogP contribution in [-0.2, 0) is 4.79 Å². The molecule has 3 atom stereocenters. The van der Waals surface area contributed by atoms with Crippen LogP contribution in [0.15, 0.2) is 42.7 Å². The average molecular weight is 290 g/mol. The van der Waals surface area contributed by atoms with Crippen LogP contribution in [0.5, 0.6) is 0 Å². The molecule has 0 spiro atoms. The number of nitrogens with one attached hydrogen (secondary N) is 1. The summed E-state index contributed by atoms with van der Waals surface area (Å²) >= 11 is 5.75. The Bertz CT molecular complexity index is 609. The van der Waals surface area contributed by atoms with Crippen LogP contribution in [0, 0.1) is 0 Å². The van der Waals surface area contributed by atoms with Crippen molar-refractivity contribution in [3.8, 4) is 5.69 Å². The lowest BCUT2D eigenvalue weighted by Gasteiger charge is -2.04. The molecular weight excluding hydrogens is 274 g/mol. The van der Waals surface area contributed by atoms with Crippen molar-refractivity contribution < 1.29 is 4.79 Å². The Kier molecular flexibility index (Phi) is 3.49. The second-order valence-electron chi connectivity index (χ2n) is 5.13. The van der Waals surface area contributed by atoms with Crippen LogP contribution in [0.3, 0.4) is 0 Å². The fraction of sp³-hybridized carbons (Fsp3) is 0.333. The average Bonchev–Trinajstić information content (AvgIpc) is 3.03. The summed E-state index contributed by atoms with van der Waals surface area (Å²) in [4.78, 5) is 11.5. The van der Waals surface area contributed by atoms with Crippen LogP contribution in [0.4, 0.5) is 0 Å². The first-order chi connectivity index (χ1) is 9.65. The number of hydrogen-bond donors (Lipinski definition) is 1. The minimum absolute atomic E-state index is 0.102. The van der Waals surface area contributed by atoms with Crippen molar-refractivity contribution in [3.63, 3.8) is 0 Å². The number of alkyl halides is 1. The Labute approximate surface area is 122 Å². The number of benzene rings is 1. The smallest absolute Gasteiger partial charge is 0.238 e. The third-order valence-corrected chi connectivity index (χ3v) is 3.73. The molecule has 1 saturated carbocycles. The van der Waals surface area contributed by atoms with Gasteiger partial charge < -0.3 is 5.32 Å². The zero-order valence-electron chi connectivity index (χ0n) is 11.2. The molecule has 1 fully saturated rings. The van der Waals surface area contributed by atoms with Crippen molar-refractivity contribution in [3.05, 3.63) is 48.3 Å². The van der Waals surface area contributed by atoms with Crippen molar-refractivity contribution in [2.24, 2.45) is 0 Å². The van der Waals surface area contributed by atoms with E-state index in [1.165, 1.54) is 0 Å². The highest BCUT2D eigenvalue weighted by Gasteiger charge is 2.40. The van der Waals surface area contributed by atoms with E-state index in [1.54, 1.807) is 6.92 Å². The molecule has 0 radical (unpaired) electrons. The molecule has 3 rings (SSSR count). The van der Waals surface area contributed by atoms with Gasteiger partial charge in [0.05, 0.1) is 11.9 Å². The van der Waals surface area contributed by atoms with Crippen LogP contribution in [0.1, 0.15) is 24.8 Å². The molecule has 1 heterocycles. The van der Waals surface area contributed by atoms with Gasteiger partial charge in [-0.3, -0.25) is 4.79 Å². The molecule has 1 aromatic carbocycles. The molecule has 104 valence electrons. The van der Waals surface area contributed by atoms with Crippen LogP contribution < -0.4 is 5.32 Å². The Morgan fingerprint density at radius 3 is 2.90 bits per heavy atom. The van der Waals surface area contributed by atoms with Gasteiger partial charge in [0, 0.05) is 18.2 Å². The molecule has 5 heteroatoms. The highest BCUT2D eigenvalue weighted by atomic mass is 35.5. The third kappa shape index (κ3) is 2.70. The Morgan fingerprint density at radius 1 is 1.45 bits per heavy atom. The Hall–Kier alpha value is -1.81. The van der Waals surface area contributed by atoms with E-state index in [9.17, 15) is 4.79 Å². The van der Waals surface area contributed by atoms with E-state index < -0.39 is 5.38 Å². The normalized spacial score (nSPS) is 22.3. The molecule has 1 aliphatic rings. The zero-order valence-corrected chi connectivity index (χ0v) is 11.9. The van der Waals surface area contributed by atoms with Crippen LogP contribution in [-0.4, -0.2) is 27.1 Å². The number of aromatic nitrogens is 2. The van der Waals surface area contributed by atoms with Gasteiger partial charge in [0.15, 0.2) is 0 Å². The Balaban J connectivity index is 1.66. The summed E-state index contributed by atoms with van der Waals surface area (Å²) in [5, 5.41) is 6.83. The number of para-hydroxylation sites is 1. The van der Waals surface area contributed by atoms with Gasteiger partial charge in [0.25, 0.3) is 0 Å². The first-order valence-corrected chi connectivity index (χ1v) is 7.13. The van der Waals surface area contributed by atoms with Gasteiger partial charge >= 0.3 is 0 Å². The number of carbonyl (C=O) groups excluding carboxylic acids is 1. The van der Waals surface area contributed by atoms with Gasteiger partial charge in [-0.2, -0.15) is 5.10 Å². The molecular formula is C15H16ClN3O. The van der Waals surface area contributed by atoms with Gasteiger partial charge in [-0.15, -0.1) is 11.6 Å². The highest BCUT2D eigenvalue weighted by Crippen LogP contribution is 2.40. The summed E-state index contributed by atoms with van der Waals surface area (Å²) in [6.07, 6.45) is 4.85. The Morgan fingerprint density at radius 2 is 2.20 bits per heavy atom. The van der Waals surface area contributed by atoms with Gasteiger partial charge in [-0.25, -0.2) is 4.68 Å². The summed E-state index contributed by atoms with van der Waals surface area (Å²) in [6, 6.07) is 10.2. The van der Waals surface area contributed by atoms with Crippen molar-refractivity contribution in [2.45, 2.75) is 30.7 Å². The number of hydrogen-bond acceptors (Lipinski definition) is 2. The third-order valence-electron chi connectivity index (χ3n) is 3.53. The summed E-state index contributed by atoms with van der Waals surface area (Å²) in [6.45, 7) is 1.68. The highest BCUT2D eigenvalue weighted by molar-refractivity contribution is 6.30. The first-order valence-electron chi connectivity index (χ1n) is 6.69. The minimum atomic E-state index is -0.483. The number of halogens is 1. The molecule has 4 nitrogen and oxygen atoms in total. The summed E-state index contributed by atoms with van der Waals surface area (Å²) in [5.41, 5.74) is 2.19. The zero-order chi connectivity index (χ0) is 14.1. The fourth-order valence-electron chi connectivity index (χ4n) is 2.27. The fourth-order valence-corrected chi connectivity index (χ4v) is 2.33. The largest absolute Gasteiger partial charge is 0.351 e. The maximum Gasteiger partial charge on any atom is 0.238 e. The van der Waals surface area contributed by atoms with Crippen LogP contribution in [0.2, 0.25) is 0 Å². The lowest BCUT2D eigenvalue weighted by atomic mass is 10.2. The van der Waals surface area contributed by atoms with Gasteiger partial charge in [0.2, 0.25) is 5.91 Å². The van der Waals surface area contributed by atoms with E-state index in [2.05, 4.69) is 10.4 Å². The predicted octanol–water partition coefficient (Wildman–Crippen LogP) is 2.47. The van der Waals surface area contributed by atoms with Crippen LogP contribution >= 0.6 is 11.6 Å². The van der Waals surface area contributed by atoms with Gasteiger partial charge in [-0.05, 0) is 31.0 Å². The SMILES string of the molecule is CC(Cl)C(=O)N[C@@H]1C[C@H]1c1cnn(-c2ccccc2)c1. The number of carbonyl (C=O) groups is 1. The maximum atomic E-state index is 11.5. The van der Waals surface area contributed by atoms with Crippen molar-refractivity contribution >= 4 is 17.5 Å². The molecule has 0 aliphatic heterocycles. The molecule has 1 unspecified atom stereocenters. The second kappa shape index (κ2) is 5.29. The topological polar surface area (TPSA) is 46.9 Å². The van der Waals surface area contributed by atoms with Gasteiger partial charge in [-0.1, -0.05) is 18.2 Å². The standard InChI is InChI=1S/C15H16ClN3O/c1-10(16)15(20)18-14-7-13(14)11-8-17-19(9-11)12-5-3-2-4-6-12/h2-6,8-10,13-14H,7H2,1H3,(H,18,20)/t10?,13-,14+/m0/s1. The van der Waals surface area contributed by atoms with E-state index in [1.807, 2.05) is 47.4 Å². The molecule has 0 bridgehead atoms. The van der Waals surface area contributed by atoms with Crippen molar-refractivity contribution in [2.75, 3.05) is 0 Å². The van der Waals surface area contributed by atoms with E-state index in [4.69, 9.17) is 11.6 Å². The molecule has 1 N–H and O–H groups in total. The monoisotopic (exact) mass is 289 g/mol. The molecule has 20 heavy (non-hydrogen) atoms. The minimum Gasteiger partial charge on any atom is -0.351 e. The van der Waals surface area contributed by atoms with Crippen LogP contribution in [0.25, 0.3) is 5.69 Å². The molecule has 1 amide bonds. The summed E-state index contributed by atoms with van der Waals surface area (Å²) < 4.78 is 1.86. The molecule has 2 aromatic rings.